The summed E-state index contributed by atoms with van der Waals surface area (Å²) in [6.07, 6.45) is 4.83. The molecule has 4 unspecified atom stereocenters. The highest BCUT2D eigenvalue weighted by Gasteiger charge is 2.45. The quantitative estimate of drug-likeness (QED) is 0.711. The topological polar surface area (TPSA) is 20.3 Å². The molecular weight excluding hydrogens is 186 g/mol. The first-order valence-corrected chi connectivity index (χ1v) is 6.43. The molecule has 2 fully saturated rings. The zero-order valence-corrected chi connectivity index (χ0v) is 10.2. The molecule has 0 amide bonds. The number of ketones is 1. The normalized spacial score (nSPS) is 41.9. The third-order valence-corrected chi connectivity index (χ3v) is 4.34. The van der Waals surface area contributed by atoms with Crippen LogP contribution in [-0.2, 0) is 4.79 Å². The summed E-state index contributed by atoms with van der Waals surface area (Å²) in [7, 11) is 0. The maximum absolute atomic E-state index is 11.6. The van der Waals surface area contributed by atoms with Crippen molar-refractivity contribution >= 4 is 5.78 Å². The second-order valence-corrected chi connectivity index (χ2v) is 5.34. The molecule has 2 heteroatoms. The van der Waals surface area contributed by atoms with Crippen LogP contribution in [0.5, 0.6) is 0 Å². The predicted octanol–water partition coefficient (Wildman–Crippen LogP) is 2.47. The van der Waals surface area contributed by atoms with Gasteiger partial charge < -0.3 is 0 Å². The molecule has 1 aliphatic heterocycles. The first-order valence-electron chi connectivity index (χ1n) is 6.43. The number of nitrogens with zero attached hydrogens (tertiary/aromatic N) is 1. The Hall–Kier alpha value is -0.370. The molecule has 0 aromatic rings. The van der Waals surface area contributed by atoms with Gasteiger partial charge in [-0.1, -0.05) is 20.3 Å². The van der Waals surface area contributed by atoms with Gasteiger partial charge in [-0.3, -0.25) is 9.69 Å². The van der Waals surface area contributed by atoms with E-state index in [4.69, 9.17) is 0 Å². The van der Waals surface area contributed by atoms with Crippen LogP contribution in [0.3, 0.4) is 0 Å². The smallest absolute Gasteiger partial charge is 0.138 e. The van der Waals surface area contributed by atoms with Gasteiger partial charge in [-0.15, -0.1) is 0 Å². The monoisotopic (exact) mass is 209 g/mol. The Morgan fingerprint density at radius 1 is 1.40 bits per heavy atom. The van der Waals surface area contributed by atoms with Crippen LogP contribution in [0.25, 0.3) is 0 Å². The zero-order chi connectivity index (χ0) is 11.0. The predicted molar refractivity (Wildman–Crippen MR) is 61.8 cm³/mol. The Kier molecular flexibility index (Phi) is 3.15. The second kappa shape index (κ2) is 4.25. The summed E-state index contributed by atoms with van der Waals surface area (Å²) >= 11 is 0. The molecule has 86 valence electrons. The number of hydrogen-bond donors (Lipinski definition) is 0. The van der Waals surface area contributed by atoms with E-state index in [1.54, 1.807) is 0 Å². The van der Waals surface area contributed by atoms with Crippen molar-refractivity contribution in [1.82, 2.24) is 4.90 Å². The molecule has 4 atom stereocenters. The van der Waals surface area contributed by atoms with E-state index < -0.39 is 0 Å². The molecule has 0 aromatic carbocycles. The number of rotatable bonds is 3. The zero-order valence-electron chi connectivity index (χ0n) is 10.2. The van der Waals surface area contributed by atoms with E-state index in [2.05, 4.69) is 25.7 Å². The van der Waals surface area contributed by atoms with E-state index in [1.165, 1.54) is 19.3 Å². The number of carbonyl (C=O) groups is 1. The largest absolute Gasteiger partial charge is 0.299 e. The summed E-state index contributed by atoms with van der Waals surface area (Å²) in [5, 5.41) is 0. The van der Waals surface area contributed by atoms with Crippen molar-refractivity contribution in [3.05, 3.63) is 0 Å². The Morgan fingerprint density at radius 3 is 2.80 bits per heavy atom. The fraction of sp³-hybridized carbons (Fsp3) is 0.923. The molecule has 0 bridgehead atoms. The highest BCUT2D eigenvalue weighted by molar-refractivity contribution is 5.82. The van der Waals surface area contributed by atoms with Gasteiger partial charge in [-0.05, 0) is 25.7 Å². The first kappa shape index (κ1) is 11.1. The van der Waals surface area contributed by atoms with Crippen molar-refractivity contribution < 1.29 is 4.79 Å². The van der Waals surface area contributed by atoms with Gasteiger partial charge in [0.2, 0.25) is 0 Å². The molecule has 15 heavy (non-hydrogen) atoms. The number of carbonyl (C=O) groups excluding carboxylic acids is 1. The summed E-state index contributed by atoms with van der Waals surface area (Å²) in [5.74, 6) is 1.64. The maximum Gasteiger partial charge on any atom is 0.138 e. The number of Topliss-reactive ketones (excluding diaryl/α,β-unsaturated/α-hetero) is 1. The average molecular weight is 209 g/mol. The van der Waals surface area contributed by atoms with Crippen molar-refractivity contribution in [1.29, 1.82) is 0 Å². The summed E-state index contributed by atoms with van der Waals surface area (Å²) in [5.41, 5.74) is 0. The van der Waals surface area contributed by atoms with Crippen LogP contribution in [0.2, 0.25) is 0 Å². The van der Waals surface area contributed by atoms with E-state index in [0.717, 1.165) is 24.9 Å². The van der Waals surface area contributed by atoms with Gasteiger partial charge in [0.05, 0.1) is 0 Å². The van der Waals surface area contributed by atoms with Gasteiger partial charge >= 0.3 is 0 Å². The van der Waals surface area contributed by atoms with Crippen LogP contribution in [0.1, 0.15) is 46.5 Å². The van der Waals surface area contributed by atoms with Crippen LogP contribution >= 0.6 is 0 Å². The maximum atomic E-state index is 11.6. The van der Waals surface area contributed by atoms with Crippen LogP contribution in [0, 0.1) is 11.8 Å². The SMILES string of the molecule is CCCC1CC1N1CCC(=O)C(C)C1C. The molecule has 0 aromatic heterocycles. The Bertz CT molecular complexity index is 251. The Morgan fingerprint density at radius 2 is 2.13 bits per heavy atom. The van der Waals surface area contributed by atoms with Crippen molar-refractivity contribution in [2.45, 2.75) is 58.5 Å². The van der Waals surface area contributed by atoms with Crippen LogP contribution in [0.15, 0.2) is 0 Å². The van der Waals surface area contributed by atoms with Crippen molar-refractivity contribution in [3.63, 3.8) is 0 Å². The lowest BCUT2D eigenvalue weighted by Gasteiger charge is -2.37. The molecule has 1 aliphatic carbocycles. The van der Waals surface area contributed by atoms with Gasteiger partial charge in [-0.25, -0.2) is 0 Å². The van der Waals surface area contributed by atoms with Gasteiger partial charge in [-0.2, -0.15) is 0 Å². The lowest BCUT2D eigenvalue weighted by Crippen LogP contribution is -2.48. The molecular formula is C13H23NO. The molecule has 1 saturated heterocycles. The van der Waals surface area contributed by atoms with E-state index in [-0.39, 0.29) is 5.92 Å². The molecule has 1 heterocycles. The summed E-state index contributed by atoms with van der Waals surface area (Å²) < 4.78 is 0. The molecule has 2 nitrogen and oxygen atoms in total. The molecule has 0 spiro atoms. The molecule has 2 aliphatic rings. The summed E-state index contributed by atoms with van der Waals surface area (Å²) in [6.45, 7) is 7.59. The molecule has 0 radical (unpaired) electrons. The summed E-state index contributed by atoms with van der Waals surface area (Å²) in [4.78, 5) is 14.2. The van der Waals surface area contributed by atoms with Crippen LogP contribution in [-0.4, -0.2) is 29.3 Å². The number of likely N-dealkylation sites (tertiary alicyclic amines) is 1. The second-order valence-electron chi connectivity index (χ2n) is 5.34. The Balaban J connectivity index is 1.91. The lowest BCUT2D eigenvalue weighted by molar-refractivity contribution is -0.128. The first-order chi connectivity index (χ1) is 7.15. The van der Waals surface area contributed by atoms with E-state index in [9.17, 15) is 4.79 Å². The lowest BCUT2D eigenvalue weighted by atomic mass is 9.90. The third-order valence-electron chi connectivity index (χ3n) is 4.34. The van der Waals surface area contributed by atoms with Crippen molar-refractivity contribution in [3.8, 4) is 0 Å². The number of hydrogen-bond acceptors (Lipinski definition) is 2. The molecule has 2 rings (SSSR count). The minimum absolute atomic E-state index is 0.252. The highest BCUT2D eigenvalue weighted by Crippen LogP contribution is 2.42. The van der Waals surface area contributed by atoms with E-state index in [0.29, 0.717) is 11.8 Å². The van der Waals surface area contributed by atoms with Crippen LogP contribution in [0.4, 0.5) is 0 Å². The number of piperidine rings is 1. The molecule has 0 N–H and O–H groups in total. The standard InChI is InChI=1S/C13H23NO/c1-4-5-11-8-12(11)14-7-6-13(15)9(2)10(14)3/h9-12H,4-8H2,1-3H3. The third kappa shape index (κ3) is 2.10. The van der Waals surface area contributed by atoms with E-state index in [1.807, 2.05) is 0 Å². The van der Waals surface area contributed by atoms with Crippen molar-refractivity contribution in [2.24, 2.45) is 11.8 Å². The van der Waals surface area contributed by atoms with Gasteiger partial charge in [0.25, 0.3) is 0 Å². The average Bonchev–Trinajstić information content (AvgIpc) is 2.95. The van der Waals surface area contributed by atoms with Gasteiger partial charge in [0.1, 0.15) is 5.78 Å². The van der Waals surface area contributed by atoms with Crippen LogP contribution < -0.4 is 0 Å². The highest BCUT2D eigenvalue weighted by atomic mass is 16.1. The Labute approximate surface area is 93.0 Å². The minimum atomic E-state index is 0.252. The van der Waals surface area contributed by atoms with Crippen molar-refractivity contribution in [2.75, 3.05) is 6.54 Å². The van der Waals surface area contributed by atoms with Gasteiger partial charge in [0, 0.05) is 31.0 Å². The molecule has 1 saturated carbocycles. The fourth-order valence-electron chi connectivity index (χ4n) is 3.01. The van der Waals surface area contributed by atoms with E-state index >= 15 is 0 Å². The minimum Gasteiger partial charge on any atom is -0.299 e. The van der Waals surface area contributed by atoms with Gasteiger partial charge in [0.15, 0.2) is 0 Å². The fourth-order valence-corrected chi connectivity index (χ4v) is 3.01. The summed E-state index contributed by atoms with van der Waals surface area (Å²) in [6, 6.07) is 1.27.